The first-order valence-corrected chi connectivity index (χ1v) is 10.5. The van der Waals surface area contributed by atoms with E-state index in [1.165, 1.54) is 16.9 Å². The van der Waals surface area contributed by atoms with Gasteiger partial charge in [0.2, 0.25) is 12.1 Å². The van der Waals surface area contributed by atoms with Gasteiger partial charge in [0.15, 0.2) is 16.4 Å². The lowest BCUT2D eigenvalue weighted by atomic mass is 9.59. The minimum Gasteiger partial charge on any atom is -0.458 e. The van der Waals surface area contributed by atoms with Crippen LogP contribution in [0.2, 0.25) is 0 Å². The van der Waals surface area contributed by atoms with E-state index in [2.05, 4.69) is 27.7 Å². The largest absolute Gasteiger partial charge is 0.458 e. The van der Waals surface area contributed by atoms with E-state index < -0.39 is 17.7 Å². The third kappa shape index (κ3) is 2.16. The van der Waals surface area contributed by atoms with Gasteiger partial charge in [-0.25, -0.2) is 14.8 Å². The van der Waals surface area contributed by atoms with Crippen molar-refractivity contribution in [3.63, 3.8) is 0 Å². The van der Waals surface area contributed by atoms with Crippen molar-refractivity contribution in [2.75, 3.05) is 0 Å². The normalized spacial score (nSPS) is 44.5. The summed E-state index contributed by atoms with van der Waals surface area (Å²) in [6.45, 7) is 10.6. The van der Waals surface area contributed by atoms with Crippen molar-refractivity contribution in [1.29, 1.82) is 0 Å². The number of aryl methyl sites for hydroxylation is 2. The summed E-state index contributed by atoms with van der Waals surface area (Å²) in [5, 5.41) is 0.956. The third-order valence-corrected chi connectivity index (χ3v) is 8.12. The van der Waals surface area contributed by atoms with E-state index in [9.17, 15) is 0 Å². The summed E-state index contributed by atoms with van der Waals surface area (Å²) in [5.41, 5.74) is 1.76. The maximum absolute atomic E-state index is 6.51. The second-order valence-corrected chi connectivity index (χ2v) is 9.85. The number of rotatable bonds is 1. The van der Waals surface area contributed by atoms with Crippen LogP contribution in [0, 0.1) is 31.6 Å². The fourth-order valence-electron chi connectivity index (χ4n) is 5.40. The molecule has 5 aliphatic rings. The van der Waals surface area contributed by atoms with E-state index in [-0.39, 0.29) is 5.92 Å². The summed E-state index contributed by atoms with van der Waals surface area (Å²) in [5.74, 6) is 1.35. The molecule has 1 saturated carbocycles. The first-order valence-electron chi connectivity index (χ1n) is 9.70. The van der Waals surface area contributed by atoms with Crippen molar-refractivity contribution in [2.24, 2.45) is 17.8 Å². The molecule has 26 heavy (non-hydrogen) atoms. The lowest BCUT2D eigenvalue weighted by molar-refractivity contribution is -0.553. The highest BCUT2D eigenvalue weighted by Crippen LogP contribution is 2.61. The predicted octanol–water partition coefficient (Wildman–Crippen LogP) is 4.74. The zero-order chi connectivity index (χ0) is 18.3. The van der Waals surface area contributed by atoms with Gasteiger partial charge in [0.25, 0.3) is 0 Å². The molecule has 0 radical (unpaired) electrons. The van der Waals surface area contributed by atoms with Crippen molar-refractivity contribution >= 4 is 17.1 Å². The van der Waals surface area contributed by atoms with Crippen LogP contribution in [0.3, 0.4) is 0 Å². The number of thiazole rings is 1. The molecule has 5 nitrogen and oxygen atoms in total. The Morgan fingerprint density at radius 3 is 2.65 bits per heavy atom. The molecule has 0 aromatic carbocycles. The molecule has 1 aromatic heterocycles. The number of fused-ring (bicyclic) bond motifs is 2. The Labute approximate surface area is 158 Å². The quantitative estimate of drug-likeness (QED) is 0.662. The van der Waals surface area contributed by atoms with E-state index in [1.54, 1.807) is 11.3 Å². The van der Waals surface area contributed by atoms with E-state index in [1.807, 2.05) is 6.92 Å². The molecule has 4 fully saturated rings. The fourth-order valence-corrected chi connectivity index (χ4v) is 6.37. The second kappa shape index (κ2) is 5.53. The van der Waals surface area contributed by atoms with Crippen molar-refractivity contribution < 1.29 is 19.2 Å². The number of hydrogen-bond donors (Lipinski definition) is 0. The monoisotopic (exact) mass is 377 g/mol. The van der Waals surface area contributed by atoms with Crippen LogP contribution in [0.15, 0.2) is 5.57 Å². The SMILES string of the molecule is CC1=C(c2nc(C)c(C)s2)O[C@@H]2O[C@@]3(C)CC[C@H]4[C@H](C)CC[C@@H]1[C@@]24OO3. The Kier molecular flexibility index (Phi) is 3.65. The summed E-state index contributed by atoms with van der Waals surface area (Å²) in [6.07, 6.45) is 3.71. The summed E-state index contributed by atoms with van der Waals surface area (Å²) in [4.78, 5) is 18.0. The van der Waals surface area contributed by atoms with Gasteiger partial charge in [-0.2, -0.15) is 0 Å². The Bertz CT molecular complexity index is 769. The Balaban J connectivity index is 1.66. The molecule has 1 aliphatic carbocycles. The molecule has 3 saturated heterocycles. The first kappa shape index (κ1) is 17.2. The van der Waals surface area contributed by atoms with Gasteiger partial charge in [-0.1, -0.05) is 6.92 Å². The fraction of sp³-hybridized carbons (Fsp3) is 0.750. The lowest BCUT2D eigenvalue weighted by Gasteiger charge is -2.57. The topological polar surface area (TPSA) is 49.8 Å². The number of ether oxygens (including phenoxy) is 2. The maximum Gasteiger partial charge on any atom is 0.236 e. The van der Waals surface area contributed by atoms with Crippen molar-refractivity contribution in [2.45, 2.75) is 78.0 Å². The smallest absolute Gasteiger partial charge is 0.236 e. The van der Waals surface area contributed by atoms with Crippen molar-refractivity contribution in [3.8, 4) is 0 Å². The highest BCUT2D eigenvalue weighted by molar-refractivity contribution is 7.12. The number of aromatic nitrogens is 1. The van der Waals surface area contributed by atoms with E-state index in [4.69, 9.17) is 24.2 Å². The molecule has 0 N–H and O–H groups in total. The van der Waals surface area contributed by atoms with Crippen LogP contribution < -0.4 is 0 Å². The highest BCUT2D eigenvalue weighted by Gasteiger charge is 2.68. The van der Waals surface area contributed by atoms with E-state index in [0.29, 0.717) is 11.8 Å². The average Bonchev–Trinajstić information content (AvgIpc) is 2.77. The molecule has 5 heterocycles. The minimum absolute atomic E-state index is 0.240. The number of nitrogens with zero attached hydrogens (tertiary/aromatic N) is 1. The number of hydrogen-bond acceptors (Lipinski definition) is 6. The summed E-state index contributed by atoms with van der Waals surface area (Å²) in [6, 6.07) is 0. The predicted molar refractivity (Wildman–Crippen MR) is 98.1 cm³/mol. The Morgan fingerprint density at radius 2 is 1.92 bits per heavy atom. The van der Waals surface area contributed by atoms with Crippen LogP contribution in [0.1, 0.15) is 62.0 Å². The van der Waals surface area contributed by atoms with Crippen molar-refractivity contribution in [3.05, 3.63) is 21.2 Å². The van der Waals surface area contributed by atoms with Crippen LogP contribution in [-0.2, 0) is 19.2 Å². The maximum atomic E-state index is 6.51. The van der Waals surface area contributed by atoms with Gasteiger partial charge < -0.3 is 9.47 Å². The van der Waals surface area contributed by atoms with E-state index in [0.717, 1.165) is 35.7 Å². The van der Waals surface area contributed by atoms with Crippen molar-refractivity contribution in [1.82, 2.24) is 4.98 Å². The molecule has 6 rings (SSSR count). The molecule has 0 unspecified atom stereocenters. The van der Waals surface area contributed by atoms with Crippen LogP contribution in [0.25, 0.3) is 5.76 Å². The Morgan fingerprint density at radius 1 is 1.12 bits per heavy atom. The molecule has 0 amide bonds. The van der Waals surface area contributed by atoms with Gasteiger partial charge in [-0.05, 0) is 58.4 Å². The molecule has 142 valence electrons. The van der Waals surface area contributed by atoms with Gasteiger partial charge in [0.1, 0.15) is 0 Å². The summed E-state index contributed by atoms with van der Waals surface area (Å²) < 4.78 is 12.9. The molecule has 1 aromatic rings. The molecule has 6 heteroatoms. The zero-order valence-electron chi connectivity index (χ0n) is 16.1. The molecular formula is C20H27NO4S. The second-order valence-electron chi connectivity index (χ2n) is 8.65. The van der Waals surface area contributed by atoms with Gasteiger partial charge in [0.05, 0.1) is 5.69 Å². The van der Waals surface area contributed by atoms with E-state index >= 15 is 0 Å². The van der Waals surface area contributed by atoms with Gasteiger partial charge in [-0.15, -0.1) is 11.3 Å². The molecule has 4 aliphatic heterocycles. The summed E-state index contributed by atoms with van der Waals surface area (Å²) in [7, 11) is 0. The molecular weight excluding hydrogens is 350 g/mol. The van der Waals surface area contributed by atoms with Crippen LogP contribution in [-0.4, -0.2) is 22.7 Å². The summed E-state index contributed by atoms with van der Waals surface area (Å²) >= 11 is 1.70. The molecule has 1 spiro atoms. The van der Waals surface area contributed by atoms with Gasteiger partial charge in [-0.3, -0.25) is 0 Å². The first-order chi connectivity index (χ1) is 12.3. The average molecular weight is 378 g/mol. The van der Waals surface area contributed by atoms with Crippen LogP contribution in [0.4, 0.5) is 0 Å². The standard InChI is InChI=1S/C20H27NO4S/c1-10-6-7-15-11(2)16(17-21-12(3)13(4)26-17)22-18-20(15)14(10)8-9-19(5,23-18)24-25-20/h10,14-15,18H,6-9H2,1-5H3/t10-,14+,15+,18-,19-,20-/m1/s1. The van der Waals surface area contributed by atoms with Crippen LogP contribution >= 0.6 is 11.3 Å². The lowest BCUT2D eigenvalue weighted by Crippen LogP contribution is -2.66. The third-order valence-electron chi connectivity index (χ3n) is 7.05. The van der Waals surface area contributed by atoms with Gasteiger partial charge in [0, 0.05) is 23.1 Å². The Hall–Kier alpha value is -0.950. The molecule has 6 atom stereocenters. The zero-order valence-corrected chi connectivity index (χ0v) is 16.9. The van der Waals surface area contributed by atoms with Gasteiger partial charge >= 0.3 is 0 Å². The minimum atomic E-state index is -0.734. The highest BCUT2D eigenvalue weighted by atomic mass is 32.1. The van der Waals surface area contributed by atoms with Crippen LogP contribution in [0.5, 0.6) is 0 Å². The molecule has 2 bridgehead atoms.